The van der Waals surface area contributed by atoms with E-state index in [1.807, 2.05) is 48.2 Å². The molecule has 28 heavy (non-hydrogen) atoms. The summed E-state index contributed by atoms with van der Waals surface area (Å²) in [5, 5.41) is 0. The highest BCUT2D eigenvalue weighted by Gasteiger charge is 2.21. The number of aryl methyl sites for hydroxylation is 2. The van der Waals surface area contributed by atoms with Gasteiger partial charge in [0.2, 0.25) is 0 Å². The van der Waals surface area contributed by atoms with Crippen LogP contribution in [0.1, 0.15) is 55.4 Å². The number of imidazole rings is 1. The van der Waals surface area contributed by atoms with E-state index in [2.05, 4.69) is 30.3 Å². The van der Waals surface area contributed by atoms with Crippen LogP contribution in [0.4, 0.5) is 0 Å². The maximum absolute atomic E-state index is 13.3. The average molecular weight is 379 g/mol. The molecule has 0 aliphatic rings. The smallest absolute Gasteiger partial charge is 0.254 e. The molecule has 0 radical (unpaired) electrons. The number of benzene rings is 1. The van der Waals surface area contributed by atoms with Gasteiger partial charge < -0.3 is 9.47 Å². The van der Waals surface area contributed by atoms with Gasteiger partial charge in [-0.1, -0.05) is 39.0 Å². The molecule has 5 nitrogen and oxygen atoms in total. The van der Waals surface area contributed by atoms with Crippen LogP contribution in [-0.2, 0) is 13.1 Å². The number of nitrogens with zero attached hydrogens (tertiary/aromatic N) is 4. The Morgan fingerprint density at radius 2 is 1.96 bits per heavy atom. The van der Waals surface area contributed by atoms with E-state index in [4.69, 9.17) is 4.98 Å². The Balaban J connectivity index is 1.95. The van der Waals surface area contributed by atoms with Gasteiger partial charge in [-0.2, -0.15) is 0 Å². The van der Waals surface area contributed by atoms with Gasteiger partial charge in [-0.3, -0.25) is 4.79 Å². The number of fused-ring (bicyclic) bond motifs is 1. The lowest BCUT2D eigenvalue weighted by Gasteiger charge is -2.24. The molecule has 5 heteroatoms. The summed E-state index contributed by atoms with van der Waals surface area (Å²) in [6.07, 6.45) is 3.76. The van der Waals surface area contributed by atoms with Gasteiger partial charge in [-0.25, -0.2) is 9.97 Å². The van der Waals surface area contributed by atoms with Crippen LogP contribution in [0, 0.1) is 12.8 Å². The second-order valence-corrected chi connectivity index (χ2v) is 7.75. The van der Waals surface area contributed by atoms with Crippen molar-refractivity contribution in [2.24, 2.45) is 5.92 Å². The third-order valence-corrected chi connectivity index (χ3v) is 5.00. The maximum Gasteiger partial charge on any atom is 0.254 e. The summed E-state index contributed by atoms with van der Waals surface area (Å²) in [7, 11) is 0. The van der Waals surface area contributed by atoms with Crippen molar-refractivity contribution in [3.05, 3.63) is 59.5 Å². The van der Waals surface area contributed by atoms with Crippen molar-refractivity contribution >= 4 is 17.1 Å². The monoisotopic (exact) mass is 378 g/mol. The van der Waals surface area contributed by atoms with Crippen LogP contribution in [0.3, 0.4) is 0 Å². The van der Waals surface area contributed by atoms with Crippen molar-refractivity contribution in [1.82, 2.24) is 19.4 Å². The van der Waals surface area contributed by atoms with Gasteiger partial charge in [-0.15, -0.1) is 0 Å². The molecule has 0 saturated carbocycles. The first-order valence-corrected chi connectivity index (χ1v) is 10.2. The summed E-state index contributed by atoms with van der Waals surface area (Å²) < 4.78 is 2.16. The molecule has 148 valence electrons. The number of carbonyl (C=O) groups excluding carboxylic acids is 1. The van der Waals surface area contributed by atoms with Crippen LogP contribution < -0.4 is 0 Å². The Morgan fingerprint density at radius 3 is 2.68 bits per heavy atom. The molecule has 3 aromatic rings. The van der Waals surface area contributed by atoms with Crippen LogP contribution in [0.2, 0.25) is 0 Å². The molecule has 0 N–H and O–H groups in total. The molecule has 1 aromatic carbocycles. The van der Waals surface area contributed by atoms with Gasteiger partial charge in [0.15, 0.2) is 5.65 Å². The van der Waals surface area contributed by atoms with Gasteiger partial charge in [0.1, 0.15) is 11.3 Å². The number of carbonyl (C=O) groups is 1. The number of aromatic nitrogens is 3. The number of hydrogen-bond donors (Lipinski definition) is 0. The number of pyridine rings is 1. The first-order valence-electron chi connectivity index (χ1n) is 10.2. The van der Waals surface area contributed by atoms with Crippen LogP contribution in [0.5, 0.6) is 0 Å². The maximum atomic E-state index is 13.3. The molecule has 1 amide bonds. The number of amides is 1. The SMILES string of the molecule is CCCn1c(CN(CCC(C)C)C(=O)c2ccccc2C)nc2cccnc21. The Hall–Kier alpha value is -2.69. The van der Waals surface area contributed by atoms with E-state index in [-0.39, 0.29) is 5.91 Å². The minimum Gasteiger partial charge on any atom is -0.331 e. The molecule has 2 heterocycles. The normalized spacial score (nSPS) is 11.3. The third-order valence-electron chi connectivity index (χ3n) is 5.00. The fourth-order valence-corrected chi connectivity index (χ4v) is 3.40. The minimum atomic E-state index is 0.0711. The molecular formula is C23H30N4O. The molecule has 0 aliphatic carbocycles. The van der Waals surface area contributed by atoms with Gasteiger partial charge in [0, 0.05) is 24.8 Å². The zero-order chi connectivity index (χ0) is 20.1. The predicted molar refractivity (Wildman–Crippen MR) is 113 cm³/mol. The first-order chi connectivity index (χ1) is 13.5. The summed E-state index contributed by atoms with van der Waals surface area (Å²) in [4.78, 5) is 24.6. The Bertz CT molecular complexity index is 945. The van der Waals surface area contributed by atoms with Gasteiger partial charge in [0.05, 0.1) is 6.54 Å². The molecule has 0 fully saturated rings. The fourth-order valence-electron chi connectivity index (χ4n) is 3.40. The van der Waals surface area contributed by atoms with E-state index in [1.54, 1.807) is 6.20 Å². The van der Waals surface area contributed by atoms with Crippen LogP contribution >= 0.6 is 0 Å². The van der Waals surface area contributed by atoms with Crippen molar-refractivity contribution in [2.75, 3.05) is 6.54 Å². The van der Waals surface area contributed by atoms with Crippen LogP contribution in [0.15, 0.2) is 42.6 Å². The number of hydrogen-bond acceptors (Lipinski definition) is 3. The van der Waals surface area contributed by atoms with Crippen molar-refractivity contribution in [2.45, 2.75) is 53.6 Å². The predicted octanol–water partition coefficient (Wildman–Crippen LogP) is 4.84. The highest BCUT2D eigenvalue weighted by Crippen LogP contribution is 2.19. The van der Waals surface area contributed by atoms with Crippen molar-refractivity contribution in [3.63, 3.8) is 0 Å². The topological polar surface area (TPSA) is 51.0 Å². The first kappa shape index (κ1) is 20.1. The number of rotatable bonds is 8. The van der Waals surface area contributed by atoms with E-state index >= 15 is 0 Å². The van der Waals surface area contributed by atoms with Crippen LogP contribution in [-0.4, -0.2) is 31.9 Å². The second kappa shape index (κ2) is 9.00. The van der Waals surface area contributed by atoms with E-state index in [1.165, 1.54) is 0 Å². The van der Waals surface area contributed by atoms with E-state index in [9.17, 15) is 4.79 Å². The highest BCUT2D eigenvalue weighted by molar-refractivity contribution is 5.95. The average Bonchev–Trinajstić information content (AvgIpc) is 3.02. The molecule has 0 atom stereocenters. The molecule has 3 rings (SSSR count). The second-order valence-electron chi connectivity index (χ2n) is 7.75. The third kappa shape index (κ3) is 4.41. The van der Waals surface area contributed by atoms with Crippen molar-refractivity contribution in [3.8, 4) is 0 Å². The minimum absolute atomic E-state index is 0.0711. The van der Waals surface area contributed by atoms with E-state index in [0.717, 1.165) is 47.5 Å². The molecule has 2 aromatic heterocycles. The zero-order valence-electron chi connectivity index (χ0n) is 17.4. The van der Waals surface area contributed by atoms with Crippen molar-refractivity contribution < 1.29 is 4.79 Å². The van der Waals surface area contributed by atoms with E-state index < -0.39 is 0 Å². The lowest BCUT2D eigenvalue weighted by atomic mass is 10.1. The molecule has 0 saturated heterocycles. The Morgan fingerprint density at radius 1 is 1.18 bits per heavy atom. The van der Waals surface area contributed by atoms with Gasteiger partial charge >= 0.3 is 0 Å². The summed E-state index contributed by atoms with van der Waals surface area (Å²) >= 11 is 0. The Kier molecular flexibility index (Phi) is 6.45. The molecular weight excluding hydrogens is 348 g/mol. The Labute approximate surface area is 167 Å². The highest BCUT2D eigenvalue weighted by atomic mass is 16.2. The van der Waals surface area contributed by atoms with E-state index in [0.29, 0.717) is 19.0 Å². The molecule has 0 spiro atoms. The molecule has 0 unspecified atom stereocenters. The summed E-state index contributed by atoms with van der Waals surface area (Å²) in [5.74, 6) is 1.51. The fraction of sp³-hybridized carbons (Fsp3) is 0.435. The van der Waals surface area contributed by atoms with Crippen molar-refractivity contribution in [1.29, 1.82) is 0 Å². The lowest BCUT2D eigenvalue weighted by Crippen LogP contribution is -2.33. The molecule has 0 aliphatic heterocycles. The largest absolute Gasteiger partial charge is 0.331 e. The summed E-state index contributed by atoms with van der Waals surface area (Å²) in [6, 6.07) is 11.7. The standard InChI is InChI=1S/C23H30N4O/c1-5-14-27-21(25-20-11-8-13-24-22(20)27)16-26(15-12-17(2)3)23(28)19-10-7-6-9-18(19)4/h6-11,13,17H,5,12,14-16H2,1-4H3. The van der Waals surface area contributed by atoms with Crippen LogP contribution in [0.25, 0.3) is 11.2 Å². The van der Waals surface area contributed by atoms with Gasteiger partial charge in [-0.05, 0) is 49.4 Å². The molecule has 0 bridgehead atoms. The summed E-state index contributed by atoms with van der Waals surface area (Å²) in [5.41, 5.74) is 3.55. The lowest BCUT2D eigenvalue weighted by molar-refractivity contribution is 0.0728. The summed E-state index contributed by atoms with van der Waals surface area (Å²) in [6.45, 7) is 10.6. The quantitative estimate of drug-likeness (QED) is 0.564. The van der Waals surface area contributed by atoms with Gasteiger partial charge in [0.25, 0.3) is 5.91 Å². The zero-order valence-corrected chi connectivity index (χ0v) is 17.4.